The van der Waals surface area contributed by atoms with Gasteiger partial charge < -0.3 is 10.1 Å². The zero-order chi connectivity index (χ0) is 17.8. The number of aryl methyl sites for hydroxylation is 1. The summed E-state index contributed by atoms with van der Waals surface area (Å²) in [4.78, 5) is 13.4. The summed E-state index contributed by atoms with van der Waals surface area (Å²) in [6.45, 7) is 2.01. The standard InChI is InChI=1S/C17H16IN5O2/c1-11-6-7-13(9-15(11)18)19-16(24)10-23-21-17(20-22-23)12-4-3-5-14(8-12)25-2/h3-9H,10H2,1-2H3,(H,19,24). The van der Waals surface area contributed by atoms with Crippen LogP contribution in [0.2, 0.25) is 0 Å². The van der Waals surface area contributed by atoms with E-state index in [1.54, 1.807) is 7.11 Å². The van der Waals surface area contributed by atoms with Gasteiger partial charge in [-0.2, -0.15) is 4.80 Å². The summed E-state index contributed by atoms with van der Waals surface area (Å²) in [5.74, 6) is 0.936. The highest BCUT2D eigenvalue weighted by atomic mass is 127. The minimum absolute atomic E-state index is 0.0125. The molecule has 0 saturated carbocycles. The van der Waals surface area contributed by atoms with Crippen molar-refractivity contribution in [2.24, 2.45) is 0 Å². The first kappa shape index (κ1) is 17.3. The fourth-order valence-corrected chi connectivity index (χ4v) is 2.70. The molecule has 7 nitrogen and oxygen atoms in total. The molecule has 128 valence electrons. The van der Waals surface area contributed by atoms with Crippen LogP contribution < -0.4 is 10.1 Å². The van der Waals surface area contributed by atoms with Gasteiger partial charge in [0.25, 0.3) is 0 Å². The molecule has 0 spiro atoms. The van der Waals surface area contributed by atoms with Crippen molar-refractivity contribution in [3.8, 4) is 17.1 Å². The molecule has 3 aromatic rings. The number of benzene rings is 2. The second-order valence-electron chi connectivity index (χ2n) is 5.39. The zero-order valence-electron chi connectivity index (χ0n) is 13.7. The number of ether oxygens (including phenoxy) is 1. The predicted octanol–water partition coefficient (Wildman–Crippen LogP) is 2.90. The van der Waals surface area contributed by atoms with Gasteiger partial charge in [-0.3, -0.25) is 4.79 Å². The van der Waals surface area contributed by atoms with E-state index in [4.69, 9.17) is 4.74 Å². The van der Waals surface area contributed by atoms with E-state index in [9.17, 15) is 4.79 Å². The zero-order valence-corrected chi connectivity index (χ0v) is 15.9. The third kappa shape index (κ3) is 4.32. The van der Waals surface area contributed by atoms with E-state index in [0.29, 0.717) is 11.6 Å². The summed E-state index contributed by atoms with van der Waals surface area (Å²) in [5, 5.41) is 15.0. The first-order valence-corrected chi connectivity index (χ1v) is 8.61. The van der Waals surface area contributed by atoms with Gasteiger partial charge in [0.05, 0.1) is 7.11 Å². The maximum Gasteiger partial charge on any atom is 0.248 e. The number of hydrogen-bond donors (Lipinski definition) is 1. The fourth-order valence-electron chi connectivity index (χ4n) is 2.19. The lowest BCUT2D eigenvalue weighted by atomic mass is 10.2. The molecule has 0 aliphatic carbocycles. The Morgan fingerprint density at radius 3 is 2.88 bits per heavy atom. The SMILES string of the molecule is COc1cccc(-c2nnn(CC(=O)Nc3ccc(C)c(I)c3)n2)c1. The number of hydrogen-bond acceptors (Lipinski definition) is 5. The maximum absolute atomic E-state index is 12.2. The van der Waals surface area contributed by atoms with Crippen molar-refractivity contribution >= 4 is 34.2 Å². The Labute approximate surface area is 158 Å². The van der Waals surface area contributed by atoms with Crippen molar-refractivity contribution in [1.82, 2.24) is 20.2 Å². The molecular formula is C17H16IN5O2. The Morgan fingerprint density at radius 1 is 1.28 bits per heavy atom. The summed E-state index contributed by atoms with van der Waals surface area (Å²) >= 11 is 2.23. The van der Waals surface area contributed by atoms with Crippen molar-refractivity contribution in [3.63, 3.8) is 0 Å². The monoisotopic (exact) mass is 449 g/mol. The van der Waals surface area contributed by atoms with E-state index in [-0.39, 0.29) is 12.5 Å². The molecule has 0 radical (unpaired) electrons. The van der Waals surface area contributed by atoms with Gasteiger partial charge in [-0.15, -0.1) is 10.2 Å². The molecular weight excluding hydrogens is 433 g/mol. The number of methoxy groups -OCH3 is 1. The summed E-state index contributed by atoms with van der Waals surface area (Å²) in [5.41, 5.74) is 2.69. The molecule has 0 saturated heterocycles. The second kappa shape index (κ2) is 7.60. The highest BCUT2D eigenvalue weighted by molar-refractivity contribution is 14.1. The molecule has 0 unspecified atom stereocenters. The normalized spacial score (nSPS) is 10.5. The first-order valence-electron chi connectivity index (χ1n) is 7.53. The Balaban J connectivity index is 1.68. The van der Waals surface area contributed by atoms with Crippen LogP contribution in [-0.4, -0.2) is 33.2 Å². The lowest BCUT2D eigenvalue weighted by Crippen LogP contribution is -2.20. The van der Waals surface area contributed by atoms with Gasteiger partial charge in [0.15, 0.2) is 0 Å². The van der Waals surface area contributed by atoms with Crippen LogP contribution in [-0.2, 0) is 11.3 Å². The molecule has 3 rings (SSSR count). The lowest BCUT2D eigenvalue weighted by Gasteiger charge is -2.06. The first-order chi connectivity index (χ1) is 12.0. The number of amides is 1. The van der Waals surface area contributed by atoms with Crippen LogP contribution in [0.3, 0.4) is 0 Å². The van der Waals surface area contributed by atoms with Crippen LogP contribution in [0.5, 0.6) is 5.75 Å². The minimum Gasteiger partial charge on any atom is -0.497 e. The van der Waals surface area contributed by atoms with E-state index in [0.717, 1.165) is 14.8 Å². The number of aromatic nitrogens is 4. The minimum atomic E-state index is -0.214. The summed E-state index contributed by atoms with van der Waals surface area (Å²) in [6.07, 6.45) is 0. The van der Waals surface area contributed by atoms with Crippen LogP contribution in [0.4, 0.5) is 5.69 Å². The number of tetrazole rings is 1. The van der Waals surface area contributed by atoms with Crippen molar-refractivity contribution in [3.05, 3.63) is 51.6 Å². The number of carbonyl (C=O) groups is 1. The summed E-state index contributed by atoms with van der Waals surface area (Å²) in [7, 11) is 1.60. The Morgan fingerprint density at radius 2 is 2.12 bits per heavy atom. The molecule has 0 aliphatic rings. The quantitative estimate of drug-likeness (QED) is 0.606. The molecule has 2 aromatic carbocycles. The molecule has 0 aliphatic heterocycles. The number of nitrogens with one attached hydrogen (secondary N) is 1. The Kier molecular flexibility index (Phi) is 5.27. The maximum atomic E-state index is 12.2. The van der Waals surface area contributed by atoms with Gasteiger partial charge in [0, 0.05) is 14.8 Å². The van der Waals surface area contributed by atoms with Crippen LogP contribution in [0.1, 0.15) is 5.56 Å². The van der Waals surface area contributed by atoms with Crippen LogP contribution in [0.15, 0.2) is 42.5 Å². The van der Waals surface area contributed by atoms with Crippen molar-refractivity contribution < 1.29 is 9.53 Å². The predicted molar refractivity (Wildman–Crippen MR) is 102 cm³/mol. The van der Waals surface area contributed by atoms with E-state index in [1.807, 2.05) is 49.4 Å². The van der Waals surface area contributed by atoms with Crippen molar-refractivity contribution in [2.45, 2.75) is 13.5 Å². The Bertz CT molecular complexity index is 910. The van der Waals surface area contributed by atoms with Crippen molar-refractivity contribution in [1.29, 1.82) is 0 Å². The van der Waals surface area contributed by atoms with Gasteiger partial charge in [0.1, 0.15) is 12.3 Å². The van der Waals surface area contributed by atoms with Crippen LogP contribution in [0.25, 0.3) is 11.4 Å². The number of carbonyl (C=O) groups excluding carboxylic acids is 1. The molecule has 1 amide bonds. The van der Waals surface area contributed by atoms with E-state index < -0.39 is 0 Å². The molecule has 25 heavy (non-hydrogen) atoms. The van der Waals surface area contributed by atoms with E-state index in [1.165, 1.54) is 10.4 Å². The largest absolute Gasteiger partial charge is 0.497 e. The summed E-state index contributed by atoms with van der Waals surface area (Å²) in [6, 6.07) is 13.1. The second-order valence-corrected chi connectivity index (χ2v) is 6.55. The van der Waals surface area contributed by atoms with Gasteiger partial charge >= 0.3 is 0 Å². The highest BCUT2D eigenvalue weighted by Gasteiger charge is 2.10. The van der Waals surface area contributed by atoms with Crippen molar-refractivity contribution in [2.75, 3.05) is 12.4 Å². The lowest BCUT2D eigenvalue weighted by molar-refractivity contribution is -0.117. The van der Waals surface area contributed by atoms with Gasteiger partial charge in [-0.25, -0.2) is 0 Å². The van der Waals surface area contributed by atoms with Crippen LogP contribution >= 0.6 is 22.6 Å². The molecule has 1 N–H and O–H groups in total. The topological polar surface area (TPSA) is 81.9 Å². The number of halogens is 1. The molecule has 8 heteroatoms. The van der Waals surface area contributed by atoms with E-state index in [2.05, 4.69) is 43.3 Å². The van der Waals surface area contributed by atoms with Gasteiger partial charge in [-0.05, 0) is 64.6 Å². The third-order valence-electron chi connectivity index (χ3n) is 3.52. The molecule has 1 aromatic heterocycles. The highest BCUT2D eigenvalue weighted by Crippen LogP contribution is 2.20. The fraction of sp³-hybridized carbons (Fsp3) is 0.176. The summed E-state index contributed by atoms with van der Waals surface area (Å²) < 4.78 is 6.28. The average Bonchev–Trinajstić information content (AvgIpc) is 3.06. The van der Waals surface area contributed by atoms with E-state index >= 15 is 0 Å². The number of anilines is 1. The molecule has 1 heterocycles. The van der Waals surface area contributed by atoms with Crippen LogP contribution in [0, 0.1) is 10.5 Å². The average molecular weight is 449 g/mol. The van der Waals surface area contributed by atoms with Gasteiger partial charge in [0.2, 0.25) is 11.7 Å². The smallest absolute Gasteiger partial charge is 0.248 e. The molecule has 0 atom stereocenters. The third-order valence-corrected chi connectivity index (χ3v) is 4.68. The number of nitrogens with zero attached hydrogens (tertiary/aromatic N) is 4. The molecule has 0 fully saturated rings. The molecule has 0 bridgehead atoms. The van der Waals surface area contributed by atoms with Gasteiger partial charge in [-0.1, -0.05) is 18.2 Å². The number of rotatable bonds is 5. The Hall–Kier alpha value is -2.49.